The smallest absolute Gasteiger partial charge is 0.115 e. The minimum Gasteiger partial charge on any atom is -0.393 e. The zero-order valence-corrected chi connectivity index (χ0v) is 24.6. The minimum atomic E-state index is -1.05. The van der Waals surface area contributed by atoms with Crippen LogP contribution >= 0.6 is 0 Å². The summed E-state index contributed by atoms with van der Waals surface area (Å²) in [5, 5.41) is 46.1. The van der Waals surface area contributed by atoms with Gasteiger partial charge in [0.05, 0.1) is 18.3 Å². The Balaban J connectivity index is 1.24. The van der Waals surface area contributed by atoms with Gasteiger partial charge < -0.3 is 20.4 Å². The van der Waals surface area contributed by atoms with Crippen molar-refractivity contribution in [2.75, 3.05) is 0 Å². The number of rotatable bonds is 6. The highest BCUT2D eigenvalue weighted by Gasteiger charge is 2.65. The van der Waals surface area contributed by atoms with Crippen LogP contribution in [0.5, 0.6) is 0 Å². The lowest BCUT2D eigenvalue weighted by Gasteiger charge is -2.63. The molecule has 4 fully saturated rings. The molecule has 0 aliphatic heterocycles. The van der Waals surface area contributed by atoms with Crippen molar-refractivity contribution in [1.82, 2.24) is 0 Å². The summed E-state index contributed by atoms with van der Waals surface area (Å²) < 4.78 is 0. The summed E-state index contributed by atoms with van der Waals surface area (Å²) in [6, 6.07) is 20.1. The molecular weight excluding hydrogens is 496 g/mol. The maximum atomic E-state index is 12.1. The minimum absolute atomic E-state index is 0.0942. The van der Waals surface area contributed by atoms with E-state index in [9.17, 15) is 20.4 Å². The molecule has 0 radical (unpaired) electrons. The molecule has 4 saturated carbocycles. The van der Waals surface area contributed by atoms with E-state index in [0.29, 0.717) is 36.0 Å². The predicted octanol–water partition coefficient (Wildman–Crippen LogP) is 6.30. The van der Waals surface area contributed by atoms with Gasteiger partial charge in [-0.1, -0.05) is 81.4 Å². The number of benzene rings is 2. The summed E-state index contributed by atoms with van der Waals surface area (Å²) in [6.45, 7) is 7.04. The molecule has 218 valence electrons. The maximum absolute atomic E-state index is 12.1. The van der Waals surface area contributed by atoms with Crippen LogP contribution in [0.3, 0.4) is 0 Å². The second-order valence-electron chi connectivity index (χ2n) is 14.6. The molecule has 4 N–H and O–H groups in total. The zero-order valence-electron chi connectivity index (χ0n) is 24.6. The van der Waals surface area contributed by atoms with Gasteiger partial charge in [0, 0.05) is 0 Å². The van der Waals surface area contributed by atoms with Crippen molar-refractivity contribution < 1.29 is 20.4 Å². The van der Waals surface area contributed by atoms with Gasteiger partial charge in [-0.2, -0.15) is 0 Å². The molecule has 40 heavy (non-hydrogen) atoms. The van der Waals surface area contributed by atoms with E-state index in [4.69, 9.17) is 0 Å². The van der Waals surface area contributed by atoms with Crippen LogP contribution in [0.25, 0.3) is 0 Å². The molecule has 0 amide bonds. The number of hydrogen-bond donors (Lipinski definition) is 4. The Hall–Kier alpha value is -1.72. The lowest BCUT2D eigenvalue weighted by atomic mass is 9.43. The summed E-state index contributed by atoms with van der Waals surface area (Å²) in [5.41, 5.74) is 0.666. The Bertz CT molecular complexity index is 1110. The first-order valence-corrected chi connectivity index (χ1v) is 16.0. The fourth-order valence-electron chi connectivity index (χ4n) is 10.7. The Morgan fingerprint density at radius 1 is 0.825 bits per heavy atom. The van der Waals surface area contributed by atoms with Crippen molar-refractivity contribution in [3.05, 3.63) is 71.8 Å². The van der Waals surface area contributed by atoms with Crippen LogP contribution in [0, 0.1) is 46.3 Å². The summed E-state index contributed by atoms with van der Waals surface area (Å²) in [5.74, 6) is 1.90. The Morgan fingerprint density at radius 3 is 2.08 bits per heavy atom. The molecule has 6 rings (SSSR count). The Morgan fingerprint density at radius 2 is 1.45 bits per heavy atom. The van der Waals surface area contributed by atoms with Gasteiger partial charge in [-0.25, -0.2) is 0 Å². The van der Waals surface area contributed by atoms with Crippen LogP contribution in [0.1, 0.15) is 89.7 Å². The molecule has 0 aromatic heterocycles. The van der Waals surface area contributed by atoms with E-state index >= 15 is 0 Å². The Kier molecular flexibility index (Phi) is 7.47. The highest BCUT2D eigenvalue weighted by molar-refractivity contribution is 5.35. The normalized spacial score (nSPS) is 42.0. The second-order valence-corrected chi connectivity index (χ2v) is 14.6. The third-order valence-electron chi connectivity index (χ3n) is 13.0. The first-order chi connectivity index (χ1) is 19.1. The molecule has 4 heteroatoms. The van der Waals surface area contributed by atoms with Crippen molar-refractivity contribution >= 4 is 0 Å². The first kappa shape index (κ1) is 28.4. The lowest BCUT2D eigenvalue weighted by Crippen LogP contribution is -2.62. The van der Waals surface area contributed by atoms with Gasteiger partial charge in [0.1, 0.15) is 5.60 Å². The highest BCUT2D eigenvalue weighted by Crippen LogP contribution is 2.68. The molecule has 2 aromatic rings. The molecule has 11 atom stereocenters. The van der Waals surface area contributed by atoms with Gasteiger partial charge in [-0.05, 0) is 115 Å². The average Bonchev–Trinajstić information content (AvgIpc) is 3.32. The average molecular weight is 547 g/mol. The standard InChI is InChI=1S/C36H50O4/c1-23(16-19-36(40,24-10-6-4-7-11-24)25-12-8-5-9-13-25)28-14-15-29-33-30(22-32(39)35(28,29)3)34(2)18-17-27(37)20-26(34)21-31(33)38/h4-13,23,26-33,37-40H,14-22H2,1-3H3/t23-,26-,27+,28+,29+,30-,31+,32-,33-,34-,35+/m0/s1. The van der Waals surface area contributed by atoms with Crippen LogP contribution < -0.4 is 0 Å². The van der Waals surface area contributed by atoms with Crippen molar-refractivity contribution in [3.8, 4) is 0 Å². The van der Waals surface area contributed by atoms with Gasteiger partial charge in [-0.15, -0.1) is 0 Å². The molecule has 0 heterocycles. The number of fused-ring (bicyclic) bond motifs is 5. The van der Waals surface area contributed by atoms with Gasteiger partial charge in [-0.3, -0.25) is 0 Å². The molecule has 0 saturated heterocycles. The van der Waals surface area contributed by atoms with E-state index in [0.717, 1.165) is 62.5 Å². The van der Waals surface area contributed by atoms with E-state index in [1.54, 1.807) is 0 Å². The van der Waals surface area contributed by atoms with Gasteiger partial charge in [0.2, 0.25) is 0 Å². The van der Waals surface area contributed by atoms with Crippen LogP contribution in [-0.4, -0.2) is 38.7 Å². The van der Waals surface area contributed by atoms with E-state index in [-0.39, 0.29) is 35.1 Å². The molecule has 0 bridgehead atoms. The highest BCUT2D eigenvalue weighted by atomic mass is 16.3. The Labute approximate surface area is 240 Å². The van der Waals surface area contributed by atoms with Crippen molar-refractivity contribution in [2.24, 2.45) is 46.3 Å². The summed E-state index contributed by atoms with van der Waals surface area (Å²) >= 11 is 0. The van der Waals surface area contributed by atoms with Gasteiger partial charge in [0.25, 0.3) is 0 Å². The molecule has 2 aromatic carbocycles. The van der Waals surface area contributed by atoms with Crippen LogP contribution in [0.15, 0.2) is 60.7 Å². The van der Waals surface area contributed by atoms with Crippen LogP contribution in [-0.2, 0) is 5.60 Å². The van der Waals surface area contributed by atoms with E-state index in [2.05, 4.69) is 20.8 Å². The van der Waals surface area contributed by atoms with Crippen molar-refractivity contribution in [1.29, 1.82) is 0 Å². The monoisotopic (exact) mass is 546 g/mol. The number of aliphatic hydroxyl groups is 4. The lowest BCUT2D eigenvalue weighted by molar-refractivity contribution is -0.207. The van der Waals surface area contributed by atoms with Crippen molar-refractivity contribution in [3.63, 3.8) is 0 Å². The fourth-order valence-corrected chi connectivity index (χ4v) is 10.7. The maximum Gasteiger partial charge on any atom is 0.115 e. The largest absolute Gasteiger partial charge is 0.393 e. The SMILES string of the molecule is C[C@@H](CCC(O)(c1ccccc1)c1ccccc1)[C@H]1CC[C@@H]2[C@@H]3[C@H](O)C[C@@H]4C[C@H](O)CC[C@]4(C)[C@H]3C[C@H](O)[C@@]21C. The van der Waals surface area contributed by atoms with Gasteiger partial charge >= 0.3 is 0 Å². The van der Waals surface area contributed by atoms with E-state index in [1.165, 1.54) is 0 Å². The molecule has 0 unspecified atom stereocenters. The number of aliphatic hydroxyl groups excluding tert-OH is 3. The second kappa shape index (κ2) is 10.5. The van der Waals surface area contributed by atoms with Crippen LogP contribution in [0.4, 0.5) is 0 Å². The summed E-state index contributed by atoms with van der Waals surface area (Å²) in [7, 11) is 0. The van der Waals surface area contributed by atoms with E-state index in [1.807, 2.05) is 60.7 Å². The number of hydrogen-bond acceptors (Lipinski definition) is 4. The summed E-state index contributed by atoms with van der Waals surface area (Å²) in [6.07, 6.45) is 6.85. The topological polar surface area (TPSA) is 80.9 Å². The third-order valence-corrected chi connectivity index (χ3v) is 13.0. The third kappa shape index (κ3) is 4.40. The predicted molar refractivity (Wildman–Crippen MR) is 158 cm³/mol. The molecule has 0 spiro atoms. The van der Waals surface area contributed by atoms with Gasteiger partial charge in [0.15, 0.2) is 0 Å². The van der Waals surface area contributed by atoms with Crippen molar-refractivity contribution in [2.45, 2.75) is 102 Å². The zero-order chi connectivity index (χ0) is 28.3. The van der Waals surface area contributed by atoms with Crippen LogP contribution in [0.2, 0.25) is 0 Å². The molecule has 4 nitrogen and oxygen atoms in total. The van der Waals surface area contributed by atoms with E-state index < -0.39 is 5.60 Å². The summed E-state index contributed by atoms with van der Waals surface area (Å²) in [4.78, 5) is 0. The first-order valence-electron chi connectivity index (χ1n) is 16.0. The molecular formula is C36H50O4. The molecule has 4 aliphatic rings. The molecule has 4 aliphatic carbocycles. The quantitative estimate of drug-likeness (QED) is 0.343. The fraction of sp³-hybridized carbons (Fsp3) is 0.667.